The molecule has 1 aromatic carbocycles. The van der Waals surface area contributed by atoms with Crippen LogP contribution in [-0.4, -0.2) is 41.9 Å². The Morgan fingerprint density at radius 3 is 2.62 bits per heavy atom. The van der Waals surface area contributed by atoms with Crippen molar-refractivity contribution in [2.24, 2.45) is 5.14 Å². The molecule has 0 aliphatic carbocycles. The van der Waals surface area contributed by atoms with Crippen LogP contribution in [-0.2, 0) is 21.2 Å². The summed E-state index contributed by atoms with van der Waals surface area (Å²) in [4.78, 5) is 8.82. The third-order valence-electron chi connectivity index (χ3n) is 3.25. The van der Waals surface area contributed by atoms with Crippen LogP contribution in [0.5, 0.6) is 0 Å². The van der Waals surface area contributed by atoms with Crippen molar-refractivity contribution in [2.45, 2.75) is 11.3 Å². The molecule has 0 saturated carbocycles. The molecule has 0 bridgehead atoms. The number of thiazole rings is 1. The fourth-order valence-corrected chi connectivity index (χ4v) is 3.15. The monoisotopic (exact) mass is 365 g/mol. The lowest BCUT2D eigenvalue weighted by molar-refractivity contribution is 0.200. The average molecular weight is 365 g/mol. The van der Waals surface area contributed by atoms with Crippen LogP contribution in [0.3, 0.4) is 0 Å². The second-order valence-electron chi connectivity index (χ2n) is 4.92. The maximum Gasteiger partial charge on any atom is 0.238 e. The SMILES string of the molecule is COCCc1nc(-c2cscn2)n(-c2ccc(S(N)(=O)=O)cc2)n1. The topological polar surface area (TPSA) is 113 Å². The van der Waals surface area contributed by atoms with Crippen molar-refractivity contribution in [3.05, 3.63) is 41.0 Å². The minimum atomic E-state index is -3.73. The Morgan fingerprint density at radius 2 is 2.04 bits per heavy atom. The van der Waals surface area contributed by atoms with Crippen LogP contribution in [0.2, 0.25) is 0 Å². The number of sulfonamides is 1. The van der Waals surface area contributed by atoms with Crippen molar-refractivity contribution in [1.82, 2.24) is 19.7 Å². The molecule has 0 atom stereocenters. The quantitative estimate of drug-likeness (QED) is 0.703. The van der Waals surface area contributed by atoms with E-state index in [9.17, 15) is 8.42 Å². The normalized spacial score (nSPS) is 11.8. The molecule has 0 unspecified atom stereocenters. The lowest BCUT2D eigenvalue weighted by Crippen LogP contribution is -2.12. The van der Waals surface area contributed by atoms with Crippen LogP contribution in [0, 0.1) is 0 Å². The second-order valence-corrected chi connectivity index (χ2v) is 7.20. The van der Waals surface area contributed by atoms with E-state index >= 15 is 0 Å². The van der Waals surface area contributed by atoms with Gasteiger partial charge in [0.25, 0.3) is 0 Å². The Kier molecular flexibility index (Phi) is 4.71. The van der Waals surface area contributed by atoms with E-state index in [4.69, 9.17) is 9.88 Å². The lowest BCUT2D eigenvalue weighted by atomic mass is 10.3. The summed E-state index contributed by atoms with van der Waals surface area (Å²) >= 11 is 1.46. The van der Waals surface area contributed by atoms with Crippen molar-refractivity contribution >= 4 is 21.4 Å². The standard InChI is InChI=1S/C14H15N5O3S2/c1-22-7-6-13-17-14(12-8-23-9-16-12)19(18-13)10-2-4-11(5-3-10)24(15,20)21/h2-5,8-9H,6-7H2,1H3,(H2,15,20,21). The molecule has 3 rings (SSSR count). The second kappa shape index (κ2) is 6.77. The molecule has 0 aliphatic rings. The largest absolute Gasteiger partial charge is 0.384 e. The van der Waals surface area contributed by atoms with Gasteiger partial charge in [-0.15, -0.1) is 11.3 Å². The minimum Gasteiger partial charge on any atom is -0.384 e. The minimum absolute atomic E-state index is 0.0428. The number of nitrogens with zero attached hydrogens (tertiary/aromatic N) is 4. The van der Waals surface area contributed by atoms with Gasteiger partial charge >= 0.3 is 0 Å². The van der Waals surface area contributed by atoms with Gasteiger partial charge in [0, 0.05) is 18.9 Å². The number of benzene rings is 1. The third-order valence-corrected chi connectivity index (χ3v) is 4.77. The number of rotatable bonds is 6. The highest BCUT2D eigenvalue weighted by atomic mass is 32.2. The van der Waals surface area contributed by atoms with Gasteiger partial charge in [-0.2, -0.15) is 5.10 Å². The van der Waals surface area contributed by atoms with Crippen LogP contribution in [0.4, 0.5) is 0 Å². The molecule has 3 aromatic rings. The maximum atomic E-state index is 11.4. The number of primary sulfonamides is 1. The molecule has 2 heterocycles. The molecule has 0 saturated heterocycles. The van der Waals surface area contributed by atoms with Gasteiger partial charge in [-0.25, -0.2) is 28.2 Å². The first-order valence-electron chi connectivity index (χ1n) is 6.95. The highest BCUT2D eigenvalue weighted by Gasteiger charge is 2.16. The van der Waals surface area contributed by atoms with Crippen LogP contribution >= 0.6 is 11.3 Å². The summed E-state index contributed by atoms with van der Waals surface area (Å²) in [6, 6.07) is 6.13. The van der Waals surface area contributed by atoms with Gasteiger partial charge < -0.3 is 4.74 Å². The number of ether oxygens (including phenoxy) is 1. The van der Waals surface area contributed by atoms with Gasteiger partial charge in [0.1, 0.15) is 5.69 Å². The average Bonchev–Trinajstić information content (AvgIpc) is 3.21. The van der Waals surface area contributed by atoms with Crippen molar-refractivity contribution in [1.29, 1.82) is 0 Å². The van der Waals surface area contributed by atoms with Gasteiger partial charge in [0.15, 0.2) is 11.6 Å². The van der Waals surface area contributed by atoms with E-state index in [-0.39, 0.29) is 4.90 Å². The highest BCUT2D eigenvalue weighted by molar-refractivity contribution is 7.89. The predicted molar refractivity (Wildman–Crippen MR) is 89.4 cm³/mol. The number of hydrogen-bond donors (Lipinski definition) is 1. The van der Waals surface area contributed by atoms with Gasteiger partial charge in [0.2, 0.25) is 10.0 Å². The summed E-state index contributed by atoms with van der Waals surface area (Å²) < 4.78 is 29.4. The smallest absolute Gasteiger partial charge is 0.238 e. The van der Waals surface area contributed by atoms with Gasteiger partial charge in [-0.1, -0.05) is 0 Å². The predicted octanol–water partition coefficient (Wildman–Crippen LogP) is 1.23. The summed E-state index contributed by atoms with van der Waals surface area (Å²) in [6.45, 7) is 0.505. The number of hydrogen-bond acceptors (Lipinski definition) is 7. The molecule has 24 heavy (non-hydrogen) atoms. The molecular weight excluding hydrogens is 350 g/mol. The van der Waals surface area contributed by atoms with Crippen LogP contribution in [0.15, 0.2) is 40.1 Å². The first-order valence-corrected chi connectivity index (χ1v) is 9.44. The van der Waals surface area contributed by atoms with Crippen LogP contribution < -0.4 is 5.14 Å². The first-order chi connectivity index (χ1) is 11.5. The summed E-state index contributed by atoms with van der Waals surface area (Å²) in [5.74, 6) is 1.21. The van der Waals surface area contributed by atoms with Crippen molar-refractivity contribution < 1.29 is 13.2 Å². The molecule has 2 aromatic heterocycles. The zero-order chi connectivity index (χ0) is 17.2. The molecular formula is C14H15N5O3S2. The number of aromatic nitrogens is 4. The summed E-state index contributed by atoms with van der Waals surface area (Å²) in [5.41, 5.74) is 3.08. The molecule has 0 amide bonds. The molecule has 10 heteroatoms. The zero-order valence-electron chi connectivity index (χ0n) is 12.8. The van der Waals surface area contributed by atoms with Gasteiger partial charge in [-0.05, 0) is 24.3 Å². The Morgan fingerprint density at radius 1 is 1.29 bits per heavy atom. The van der Waals surface area contributed by atoms with E-state index in [1.54, 1.807) is 29.4 Å². The molecule has 0 fully saturated rings. The van der Waals surface area contributed by atoms with E-state index in [1.807, 2.05) is 5.38 Å². The van der Waals surface area contributed by atoms with E-state index in [0.29, 0.717) is 36.1 Å². The Bertz CT molecular complexity index is 918. The van der Waals surface area contributed by atoms with Gasteiger partial charge in [0.05, 0.1) is 22.7 Å². The molecule has 0 radical (unpaired) electrons. The number of nitrogens with two attached hydrogens (primary N) is 1. The highest BCUT2D eigenvalue weighted by Crippen LogP contribution is 2.22. The first kappa shape index (κ1) is 16.7. The van der Waals surface area contributed by atoms with Gasteiger partial charge in [-0.3, -0.25) is 0 Å². The van der Waals surface area contributed by atoms with Crippen LogP contribution in [0.25, 0.3) is 17.2 Å². The summed E-state index contributed by atoms with van der Waals surface area (Å²) in [6.07, 6.45) is 0.565. The fourth-order valence-electron chi connectivity index (χ4n) is 2.10. The molecule has 126 valence electrons. The Labute approximate surface area is 143 Å². The maximum absolute atomic E-state index is 11.4. The Balaban J connectivity index is 2.04. The fraction of sp³-hybridized carbons (Fsp3) is 0.214. The zero-order valence-corrected chi connectivity index (χ0v) is 14.4. The van der Waals surface area contributed by atoms with Crippen LogP contribution in [0.1, 0.15) is 5.82 Å². The van der Waals surface area contributed by atoms with E-state index in [1.165, 1.54) is 23.5 Å². The molecule has 0 spiro atoms. The van der Waals surface area contributed by atoms with E-state index in [2.05, 4.69) is 15.1 Å². The van der Waals surface area contributed by atoms with E-state index in [0.717, 1.165) is 0 Å². The van der Waals surface area contributed by atoms with E-state index < -0.39 is 10.0 Å². The molecule has 2 N–H and O–H groups in total. The molecule has 8 nitrogen and oxygen atoms in total. The third kappa shape index (κ3) is 3.51. The molecule has 0 aliphatic heterocycles. The van der Waals surface area contributed by atoms with Crippen molar-refractivity contribution in [3.8, 4) is 17.2 Å². The summed E-state index contributed by atoms with van der Waals surface area (Å²) in [5, 5.41) is 11.5. The van der Waals surface area contributed by atoms with Crippen molar-refractivity contribution in [3.63, 3.8) is 0 Å². The summed E-state index contributed by atoms with van der Waals surface area (Å²) in [7, 11) is -2.12. The number of methoxy groups -OCH3 is 1. The van der Waals surface area contributed by atoms with Crippen molar-refractivity contribution in [2.75, 3.05) is 13.7 Å². The Hall–Kier alpha value is -2.14. The lowest BCUT2D eigenvalue weighted by Gasteiger charge is -2.05.